The number of H-pyrrole nitrogens is 2. The fourth-order valence-electron chi connectivity index (χ4n) is 6.58. The molecular formula is C41H36N6OS2. The summed E-state index contributed by atoms with van der Waals surface area (Å²) in [6.45, 7) is 1.09. The van der Waals surface area contributed by atoms with Gasteiger partial charge in [0.2, 0.25) is 0 Å². The number of benzene rings is 2. The van der Waals surface area contributed by atoms with Crippen molar-refractivity contribution < 1.29 is 4.79 Å². The summed E-state index contributed by atoms with van der Waals surface area (Å²) in [5, 5.41) is 19.8. The van der Waals surface area contributed by atoms with Gasteiger partial charge < -0.3 is 9.80 Å². The third-order valence-electron chi connectivity index (χ3n) is 9.14. The normalized spacial score (nSPS) is 15.5. The molecule has 0 aliphatic carbocycles. The Kier molecular flexibility index (Phi) is 9.23. The molecule has 0 fully saturated rings. The molecule has 2 aromatic carbocycles. The molecule has 248 valence electrons. The van der Waals surface area contributed by atoms with Crippen molar-refractivity contribution in [3.8, 4) is 22.5 Å². The van der Waals surface area contributed by atoms with Crippen molar-refractivity contribution in [1.82, 2.24) is 30.2 Å². The molecule has 0 saturated carbocycles. The van der Waals surface area contributed by atoms with Crippen molar-refractivity contribution in [2.24, 2.45) is 0 Å². The summed E-state index contributed by atoms with van der Waals surface area (Å²) in [4.78, 5) is 21.3. The molecule has 0 amide bonds. The lowest BCUT2D eigenvalue weighted by atomic mass is 9.89. The van der Waals surface area contributed by atoms with Crippen molar-refractivity contribution in [3.05, 3.63) is 166 Å². The van der Waals surface area contributed by atoms with E-state index in [1.165, 1.54) is 0 Å². The summed E-state index contributed by atoms with van der Waals surface area (Å²) >= 11 is 3.29. The minimum absolute atomic E-state index is 0.218. The number of ketones is 1. The number of thiophene rings is 2. The van der Waals surface area contributed by atoms with E-state index in [9.17, 15) is 4.79 Å². The van der Waals surface area contributed by atoms with Crippen LogP contribution >= 0.6 is 22.7 Å². The number of nitrogens with zero attached hydrogens (tertiary/aromatic N) is 4. The van der Waals surface area contributed by atoms with Crippen molar-refractivity contribution in [1.29, 1.82) is 0 Å². The average Bonchev–Trinajstić information content (AvgIpc) is 4.02. The zero-order valence-electron chi connectivity index (χ0n) is 27.4. The fraction of sp³-hybridized carbons (Fsp3) is 0.146. The molecule has 0 spiro atoms. The van der Waals surface area contributed by atoms with Gasteiger partial charge in [0.15, 0.2) is 5.78 Å². The van der Waals surface area contributed by atoms with Gasteiger partial charge in [-0.15, -0.1) is 22.7 Å². The van der Waals surface area contributed by atoms with Gasteiger partial charge in [0.25, 0.3) is 0 Å². The van der Waals surface area contributed by atoms with Crippen LogP contribution in [0.1, 0.15) is 45.8 Å². The Bertz CT molecular complexity index is 2000. The second-order valence-corrected chi connectivity index (χ2v) is 14.4. The highest BCUT2D eigenvalue weighted by atomic mass is 32.1. The molecule has 8 rings (SSSR count). The molecule has 9 heteroatoms. The largest absolute Gasteiger partial charge is 0.353 e. The number of nitrogens with one attached hydrogen (secondary N) is 2. The first kappa shape index (κ1) is 31.7. The van der Waals surface area contributed by atoms with E-state index in [0.29, 0.717) is 13.1 Å². The first-order valence-corrected chi connectivity index (χ1v) is 18.5. The number of aromatic nitrogens is 4. The molecule has 4 aromatic heterocycles. The average molecular weight is 693 g/mol. The first-order chi connectivity index (χ1) is 24.7. The molecule has 0 saturated heterocycles. The van der Waals surface area contributed by atoms with E-state index in [1.807, 2.05) is 48.5 Å². The highest BCUT2D eigenvalue weighted by Crippen LogP contribution is 2.35. The van der Waals surface area contributed by atoms with Crippen LogP contribution in [0.4, 0.5) is 0 Å². The quantitative estimate of drug-likeness (QED) is 0.134. The standard InChI is InChI=1S/C41H36N6OS2/c48-41(33(39-17-9-21-49-39)27-46-19-7-15-31(25-46)37-23-35(42-44-37)29-11-3-1-4-12-29)34(40-18-10-22-50-40)28-47-20-8-16-32(26-47)38-24-36(43-45-38)30-13-5-2-6-14-30/h1-14,17-26,33-34H,15-16,27-28H2,(H,42,44)(H,43,45). The van der Waals surface area contributed by atoms with Crippen LogP contribution in [-0.4, -0.2) is 49.1 Å². The van der Waals surface area contributed by atoms with Crippen LogP contribution in [0.3, 0.4) is 0 Å². The van der Waals surface area contributed by atoms with Crippen molar-refractivity contribution in [3.63, 3.8) is 0 Å². The van der Waals surface area contributed by atoms with Crippen LogP contribution in [0.5, 0.6) is 0 Å². The number of Topliss-reactive ketones (excluding diaryl/α,β-unsaturated/α-hetero) is 1. The third-order valence-corrected chi connectivity index (χ3v) is 11.1. The summed E-state index contributed by atoms with van der Waals surface area (Å²) in [5.41, 5.74) is 8.24. The van der Waals surface area contributed by atoms with E-state index < -0.39 is 0 Å². The lowest BCUT2D eigenvalue weighted by Gasteiger charge is -2.30. The molecule has 2 aliphatic heterocycles. The predicted octanol–water partition coefficient (Wildman–Crippen LogP) is 9.55. The summed E-state index contributed by atoms with van der Waals surface area (Å²) < 4.78 is 0. The SMILES string of the molecule is O=C(C(CN1C=CCC(c2cc(-c3ccccc3)[nH]n2)=C1)c1cccs1)C(CN1C=CCC(c2cc(-c3ccccc3)[nH]n2)=C1)c1cccs1. The maximum Gasteiger partial charge on any atom is 0.153 e. The summed E-state index contributed by atoms with van der Waals surface area (Å²) in [6.07, 6.45) is 14.4. The number of allylic oxidation sites excluding steroid dienone is 4. The van der Waals surface area contributed by atoms with Crippen LogP contribution < -0.4 is 0 Å². The molecule has 6 heterocycles. The summed E-state index contributed by atoms with van der Waals surface area (Å²) in [6, 6.07) is 32.9. The van der Waals surface area contributed by atoms with Gasteiger partial charge in [-0.25, -0.2) is 0 Å². The molecule has 2 aliphatic rings. The second kappa shape index (κ2) is 14.5. The lowest BCUT2D eigenvalue weighted by molar-refractivity contribution is -0.122. The highest BCUT2D eigenvalue weighted by Gasteiger charge is 2.33. The third kappa shape index (κ3) is 6.96. The Morgan fingerprint density at radius 2 is 1.10 bits per heavy atom. The Balaban J connectivity index is 1.04. The van der Waals surface area contributed by atoms with Crippen LogP contribution in [0.2, 0.25) is 0 Å². The summed E-state index contributed by atoms with van der Waals surface area (Å²) in [5.74, 6) is -0.396. The predicted molar refractivity (Wildman–Crippen MR) is 204 cm³/mol. The minimum atomic E-state index is -0.307. The van der Waals surface area contributed by atoms with Crippen LogP contribution in [0.15, 0.2) is 145 Å². The number of hydrogen-bond acceptors (Lipinski definition) is 7. The van der Waals surface area contributed by atoms with Gasteiger partial charge in [-0.3, -0.25) is 15.0 Å². The van der Waals surface area contributed by atoms with E-state index in [0.717, 1.165) is 67.6 Å². The Hall–Kier alpha value is -5.51. The van der Waals surface area contributed by atoms with Gasteiger partial charge in [0.1, 0.15) is 0 Å². The van der Waals surface area contributed by atoms with Gasteiger partial charge in [-0.2, -0.15) is 10.2 Å². The van der Waals surface area contributed by atoms with Crippen molar-refractivity contribution in [2.45, 2.75) is 24.7 Å². The second-order valence-electron chi connectivity index (χ2n) is 12.5. The van der Waals surface area contributed by atoms with Crippen LogP contribution in [0, 0.1) is 0 Å². The van der Waals surface area contributed by atoms with E-state index in [1.54, 1.807) is 22.7 Å². The lowest BCUT2D eigenvalue weighted by Crippen LogP contribution is -2.33. The van der Waals surface area contributed by atoms with Gasteiger partial charge in [-0.05, 0) is 82.5 Å². The minimum Gasteiger partial charge on any atom is -0.353 e. The Morgan fingerprint density at radius 1 is 0.640 bits per heavy atom. The van der Waals surface area contributed by atoms with Gasteiger partial charge in [0.05, 0.1) is 34.6 Å². The maximum atomic E-state index is 14.8. The van der Waals surface area contributed by atoms with Gasteiger partial charge >= 0.3 is 0 Å². The Morgan fingerprint density at radius 3 is 1.52 bits per heavy atom. The topological polar surface area (TPSA) is 80.9 Å². The molecule has 6 aromatic rings. The number of hydrogen-bond donors (Lipinski definition) is 2. The highest BCUT2D eigenvalue weighted by molar-refractivity contribution is 7.10. The van der Waals surface area contributed by atoms with Gasteiger partial charge in [0, 0.05) is 35.2 Å². The van der Waals surface area contributed by atoms with E-state index in [-0.39, 0.29) is 17.6 Å². The number of carbonyl (C=O) groups excluding carboxylic acids is 1. The zero-order valence-corrected chi connectivity index (χ0v) is 29.0. The number of aromatic amines is 2. The smallest absolute Gasteiger partial charge is 0.153 e. The zero-order chi connectivity index (χ0) is 33.7. The van der Waals surface area contributed by atoms with E-state index >= 15 is 0 Å². The molecule has 50 heavy (non-hydrogen) atoms. The maximum absolute atomic E-state index is 14.8. The van der Waals surface area contributed by atoms with Gasteiger partial charge in [-0.1, -0.05) is 84.9 Å². The molecule has 0 bridgehead atoms. The molecule has 2 unspecified atom stereocenters. The van der Waals surface area contributed by atoms with E-state index in [2.05, 4.69) is 126 Å². The van der Waals surface area contributed by atoms with Crippen molar-refractivity contribution in [2.75, 3.05) is 13.1 Å². The molecule has 2 N–H and O–H groups in total. The first-order valence-electron chi connectivity index (χ1n) is 16.8. The number of carbonyl (C=O) groups is 1. The summed E-state index contributed by atoms with van der Waals surface area (Å²) in [7, 11) is 0. The van der Waals surface area contributed by atoms with Crippen LogP contribution in [0.25, 0.3) is 33.7 Å². The molecular weight excluding hydrogens is 657 g/mol. The Labute approximate surface area is 299 Å². The van der Waals surface area contributed by atoms with Crippen LogP contribution in [-0.2, 0) is 4.79 Å². The molecule has 0 radical (unpaired) electrons. The fourth-order valence-corrected chi connectivity index (χ4v) is 8.23. The van der Waals surface area contributed by atoms with E-state index in [4.69, 9.17) is 0 Å². The number of rotatable bonds is 12. The monoisotopic (exact) mass is 692 g/mol. The van der Waals surface area contributed by atoms with Crippen molar-refractivity contribution >= 4 is 39.6 Å². The molecule has 2 atom stereocenters. The molecule has 7 nitrogen and oxygen atoms in total.